The molecular weight excluding hydrogens is 328 g/mol. The van der Waals surface area contributed by atoms with Gasteiger partial charge < -0.3 is 15.4 Å². The zero-order valence-corrected chi connectivity index (χ0v) is 11.8. The Morgan fingerprint density at radius 2 is 1.80 bits per heavy atom. The Morgan fingerprint density at radius 3 is 2.45 bits per heavy atom. The Morgan fingerprint density at radius 1 is 1.15 bits per heavy atom. The molecule has 0 radical (unpaired) electrons. The third-order valence-electron chi connectivity index (χ3n) is 2.33. The molecule has 0 saturated carbocycles. The highest BCUT2D eigenvalue weighted by Gasteiger charge is 2.20. The quantitative estimate of drug-likeness (QED) is 0.750. The predicted molar refractivity (Wildman–Crippen MR) is 75.0 cm³/mol. The number of carboxylic acids is 1. The summed E-state index contributed by atoms with van der Waals surface area (Å²) < 4.78 is 0. The Hall–Kier alpha value is -1.76. The lowest BCUT2D eigenvalue weighted by Gasteiger charge is -2.08. The van der Waals surface area contributed by atoms with Gasteiger partial charge in [-0.3, -0.25) is 4.79 Å². The summed E-state index contributed by atoms with van der Waals surface area (Å²) in [5, 5.41) is 11.9. The number of carboxylic acid groups (broad SMARTS) is 1. The molecule has 0 spiro atoms. The molecule has 0 unspecified atom stereocenters. The molecule has 0 aliphatic carbocycles. The number of aromatic carboxylic acids is 1. The fourth-order valence-electron chi connectivity index (χ4n) is 1.43. The first-order valence-electron chi connectivity index (χ1n) is 5.12. The second-order valence-corrected chi connectivity index (χ2v) is 4.85. The monoisotopic (exact) mass is 333 g/mol. The van der Waals surface area contributed by atoms with Crippen LogP contribution in [0.2, 0.25) is 15.1 Å². The van der Waals surface area contributed by atoms with E-state index in [-0.39, 0.29) is 32.1 Å². The molecular formula is C11H6Cl3N3O3. The molecule has 3 N–H and O–H groups in total. The minimum absolute atomic E-state index is 0.167. The topological polar surface area (TPSA) is 95.1 Å². The maximum Gasteiger partial charge on any atom is 0.354 e. The van der Waals surface area contributed by atoms with Crippen LogP contribution in [0.4, 0.5) is 5.69 Å². The van der Waals surface area contributed by atoms with Gasteiger partial charge in [-0.2, -0.15) is 0 Å². The number of nitrogens with one attached hydrogen (secondary N) is 2. The molecule has 9 heteroatoms. The van der Waals surface area contributed by atoms with Crippen LogP contribution in [0.5, 0.6) is 0 Å². The molecule has 0 fully saturated rings. The van der Waals surface area contributed by atoms with Gasteiger partial charge in [-0.25, -0.2) is 9.78 Å². The van der Waals surface area contributed by atoms with Gasteiger partial charge in [-0.1, -0.05) is 34.8 Å². The van der Waals surface area contributed by atoms with Gasteiger partial charge in [-0.05, 0) is 12.1 Å². The Labute approximate surface area is 127 Å². The minimum Gasteiger partial charge on any atom is -0.477 e. The van der Waals surface area contributed by atoms with E-state index in [1.807, 2.05) is 0 Å². The third-order valence-corrected chi connectivity index (χ3v) is 3.36. The Kier molecular flexibility index (Phi) is 4.17. The van der Waals surface area contributed by atoms with E-state index < -0.39 is 11.9 Å². The standard InChI is InChI=1S/C11H6Cl3N3O3/c12-4-1-6(14)7(2-5(4)13)17-10(18)8-9(11(19)20)16-3-15-8/h1-3H,(H,15,16)(H,17,18)(H,19,20). The maximum atomic E-state index is 12.0. The van der Waals surface area contributed by atoms with Crippen LogP contribution in [0.15, 0.2) is 18.5 Å². The predicted octanol–water partition coefficient (Wildman–Crippen LogP) is 3.32. The number of hydrogen-bond donors (Lipinski definition) is 3. The Bertz CT molecular complexity index is 699. The van der Waals surface area contributed by atoms with Crippen LogP contribution in [-0.4, -0.2) is 27.0 Å². The summed E-state index contributed by atoms with van der Waals surface area (Å²) in [5.41, 5.74) is -0.385. The van der Waals surface area contributed by atoms with Crippen molar-refractivity contribution < 1.29 is 14.7 Å². The minimum atomic E-state index is -1.30. The zero-order valence-electron chi connectivity index (χ0n) is 9.58. The average Bonchev–Trinajstić information content (AvgIpc) is 2.85. The fraction of sp³-hybridized carbons (Fsp3) is 0. The summed E-state index contributed by atoms with van der Waals surface area (Å²) in [5.74, 6) is -2.03. The van der Waals surface area contributed by atoms with Crippen molar-refractivity contribution in [1.82, 2.24) is 9.97 Å². The second-order valence-electron chi connectivity index (χ2n) is 3.63. The van der Waals surface area contributed by atoms with Crippen LogP contribution in [0, 0.1) is 0 Å². The second kappa shape index (κ2) is 5.70. The number of benzene rings is 1. The molecule has 20 heavy (non-hydrogen) atoms. The third kappa shape index (κ3) is 2.87. The van der Waals surface area contributed by atoms with Crippen LogP contribution in [0.1, 0.15) is 21.0 Å². The van der Waals surface area contributed by atoms with E-state index in [9.17, 15) is 9.59 Å². The molecule has 1 aromatic carbocycles. The normalized spacial score (nSPS) is 10.3. The molecule has 6 nitrogen and oxygen atoms in total. The van der Waals surface area contributed by atoms with Gasteiger partial charge in [0.25, 0.3) is 5.91 Å². The number of carbonyl (C=O) groups is 2. The van der Waals surface area contributed by atoms with Gasteiger partial charge in [0.15, 0.2) is 11.4 Å². The Balaban J connectivity index is 2.30. The van der Waals surface area contributed by atoms with Gasteiger partial charge in [-0.15, -0.1) is 0 Å². The molecule has 0 aliphatic heterocycles. The van der Waals surface area contributed by atoms with Crippen LogP contribution < -0.4 is 5.32 Å². The molecule has 2 rings (SSSR count). The number of H-pyrrole nitrogens is 1. The number of carbonyl (C=O) groups excluding carboxylic acids is 1. The van der Waals surface area contributed by atoms with E-state index in [0.29, 0.717) is 0 Å². The van der Waals surface area contributed by atoms with Gasteiger partial charge in [0.2, 0.25) is 0 Å². The number of amides is 1. The van der Waals surface area contributed by atoms with Crippen LogP contribution in [0.25, 0.3) is 0 Å². The van der Waals surface area contributed by atoms with E-state index in [0.717, 1.165) is 6.33 Å². The SMILES string of the molecule is O=C(Nc1cc(Cl)c(Cl)cc1Cl)c1nc[nH]c1C(=O)O. The lowest BCUT2D eigenvalue weighted by Crippen LogP contribution is -2.16. The van der Waals surface area contributed by atoms with E-state index >= 15 is 0 Å². The molecule has 0 bridgehead atoms. The number of hydrogen-bond acceptors (Lipinski definition) is 3. The highest BCUT2D eigenvalue weighted by atomic mass is 35.5. The molecule has 0 atom stereocenters. The largest absolute Gasteiger partial charge is 0.477 e. The number of anilines is 1. The molecule has 0 aliphatic rings. The number of rotatable bonds is 3. The first-order chi connectivity index (χ1) is 9.40. The number of aromatic nitrogens is 2. The number of aromatic amines is 1. The van der Waals surface area contributed by atoms with E-state index in [4.69, 9.17) is 39.9 Å². The molecule has 1 aromatic heterocycles. The summed E-state index contributed by atoms with van der Waals surface area (Å²) >= 11 is 17.5. The zero-order chi connectivity index (χ0) is 14.9. The van der Waals surface area contributed by atoms with Crippen molar-refractivity contribution in [3.05, 3.63) is 44.9 Å². The summed E-state index contributed by atoms with van der Waals surface area (Å²) in [6, 6.07) is 2.72. The van der Waals surface area contributed by atoms with E-state index in [1.165, 1.54) is 12.1 Å². The highest BCUT2D eigenvalue weighted by Crippen LogP contribution is 2.32. The van der Waals surface area contributed by atoms with Gasteiger partial charge >= 0.3 is 5.97 Å². The van der Waals surface area contributed by atoms with Crippen molar-refractivity contribution in [3.8, 4) is 0 Å². The molecule has 1 heterocycles. The average molecular weight is 335 g/mol. The fourth-order valence-corrected chi connectivity index (χ4v) is 2.02. The molecule has 2 aromatic rings. The van der Waals surface area contributed by atoms with Crippen molar-refractivity contribution in [2.75, 3.05) is 5.32 Å². The maximum absolute atomic E-state index is 12.0. The molecule has 0 saturated heterocycles. The van der Waals surface area contributed by atoms with Crippen molar-refractivity contribution in [3.63, 3.8) is 0 Å². The highest BCUT2D eigenvalue weighted by molar-refractivity contribution is 6.44. The lowest BCUT2D eigenvalue weighted by molar-refractivity contribution is 0.0686. The lowest BCUT2D eigenvalue weighted by atomic mass is 10.2. The van der Waals surface area contributed by atoms with Gasteiger partial charge in [0.1, 0.15) is 0 Å². The number of imidazole rings is 1. The van der Waals surface area contributed by atoms with E-state index in [2.05, 4.69) is 15.3 Å². The van der Waals surface area contributed by atoms with Crippen molar-refractivity contribution in [2.45, 2.75) is 0 Å². The van der Waals surface area contributed by atoms with E-state index in [1.54, 1.807) is 0 Å². The van der Waals surface area contributed by atoms with Crippen LogP contribution in [0.3, 0.4) is 0 Å². The first kappa shape index (κ1) is 14.6. The summed E-state index contributed by atoms with van der Waals surface area (Å²) in [7, 11) is 0. The smallest absolute Gasteiger partial charge is 0.354 e. The number of nitrogens with zero attached hydrogens (tertiary/aromatic N) is 1. The summed E-state index contributed by atoms with van der Waals surface area (Å²) in [4.78, 5) is 28.9. The first-order valence-corrected chi connectivity index (χ1v) is 6.26. The molecule has 1 amide bonds. The van der Waals surface area contributed by atoms with Crippen molar-refractivity contribution in [1.29, 1.82) is 0 Å². The van der Waals surface area contributed by atoms with Gasteiger partial charge in [0, 0.05) is 0 Å². The number of halogens is 3. The van der Waals surface area contributed by atoms with Crippen LogP contribution >= 0.6 is 34.8 Å². The molecule has 104 valence electrons. The summed E-state index contributed by atoms with van der Waals surface area (Å²) in [6.07, 6.45) is 1.11. The van der Waals surface area contributed by atoms with Crippen molar-refractivity contribution >= 4 is 52.4 Å². The summed E-state index contributed by atoms with van der Waals surface area (Å²) in [6.45, 7) is 0. The van der Waals surface area contributed by atoms with Gasteiger partial charge in [0.05, 0.1) is 27.1 Å². The van der Waals surface area contributed by atoms with Crippen molar-refractivity contribution in [2.24, 2.45) is 0 Å². The van der Waals surface area contributed by atoms with Crippen LogP contribution in [-0.2, 0) is 0 Å².